The van der Waals surface area contributed by atoms with E-state index < -0.39 is 22.2 Å². The van der Waals surface area contributed by atoms with E-state index in [-0.39, 0.29) is 37.2 Å². The van der Waals surface area contributed by atoms with Crippen LogP contribution in [-0.4, -0.2) is 39.9 Å². The molecule has 0 bridgehead atoms. The van der Waals surface area contributed by atoms with Gasteiger partial charge in [0.25, 0.3) is 11.6 Å². The van der Waals surface area contributed by atoms with Crippen molar-refractivity contribution in [2.24, 2.45) is 0 Å². The third-order valence-electron chi connectivity index (χ3n) is 5.30. The first-order valence-corrected chi connectivity index (χ1v) is 8.69. The molecule has 1 heterocycles. The van der Waals surface area contributed by atoms with Gasteiger partial charge in [-0.05, 0) is 30.9 Å². The SMILES string of the molecule is Cc1cccc([N+](=O)[O-])c1C(=O)N1CCC(C(=O)O)(c2ccccc2)CC1. The topological polar surface area (TPSA) is 101 Å². The van der Waals surface area contributed by atoms with Crippen molar-refractivity contribution < 1.29 is 19.6 Å². The molecule has 27 heavy (non-hydrogen) atoms. The number of hydrogen-bond acceptors (Lipinski definition) is 4. The van der Waals surface area contributed by atoms with Gasteiger partial charge in [-0.2, -0.15) is 0 Å². The monoisotopic (exact) mass is 368 g/mol. The lowest BCUT2D eigenvalue weighted by molar-refractivity contribution is -0.385. The van der Waals surface area contributed by atoms with E-state index in [4.69, 9.17) is 0 Å². The molecule has 3 rings (SSSR count). The van der Waals surface area contributed by atoms with Gasteiger partial charge in [0.15, 0.2) is 0 Å². The summed E-state index contributed by atoms with van der Waals surface area (Å²) in [6.45, 7) is 2.12. The molecule has 1 amide bonds. The Morgan fingerprint density at radius 2 is 1.70 bits per heavy atom. The molecule has 7 nitrogen and oxygen atoms in total. The second-order valence-electron chi connectivity index (χ2n) is 6.77. The molecule has 0 unspecified atom stereocenters. The number of nitrogens with zero attached hydrogens (tertiary/aromatic N) is 2. The summed E-state index contributed by atoms with van der Waals surface area (Å²) < 4.78 is 0. The lowest BCUT2D eigenvalue weighted by atomic mass is 9.72. The van der Waals surface area contributed by atoms with Crippen LogP contribution in [0.1, 0.15) is 34.3 Å². The molecule has 140 valence electrons. The zero-order chi connectivity index (χ0) is 19.6. The van der Waals surface area contributed by atoms with E-state index in [0.717, 1.165) is 0 Å². The summed E-state index contributed by atoms with van der Waals surface area (Å²) in [7, 11) is 0. The Morgan fingerprint density at radius 1 is 1.07 bits per heavy atom. The number of carbonyl (C=O) groups excluding carboxylic acids is 1. The standard InChI is InChI=1S/C20H20N2O5/c1-14-6-5-9-16(22(26)27)17(14)18(23)21-12-10-20(11-13-21,19(24)25)15-7-3-2-4-8-15/h2-9H,10-13H2,1H3,(H,24,25). The number of likely N-dealkylation sites (tertiary alicyclic amines) is 1. The maximum atomic E-state index is 12.9. The van der Waals surface area contributed by atoms with Crippen molar-refractivity contribution >= 4 is 17.6 Å². The summed E-state index contributed by atoms with van der Waals surface area (Å²) in [6.07, 6.45) is 0.523. The molecule has 1 fully saturated rings. The number of hydrogen-bond donors (Lipinski definition) is 1. The van der Waals surface area contributed by atoms with E-state index >= 15 is 0 Å². The number of benzene rings is 2. The van der Waals surface area contributed by atoms with Gasteiger partial charge in [-0.3, -0.25) is 19.7 Å². The minimum Gasteiger partial charge on any atom is -0.481 e. The summed E-state index contributed by atoms with van der Waals surface area (Å²) in [5.41, 5.74) is 0.0531. The average Bonchev–Trinajstić information content (AvgIpc) is 2.67. The molecular weight excluding hydrogens is 348 g/mol. The number of nitro groups is 1. The van der Waals surface area contributed by atoms with Gasteiger partial charge in [0.05, 0.1) is 10.3 Å². The number of carboxylic acids is 1. The van der Waals surface area contributed by atoms with Crippen LogP contribution in [0, 0.1) is 17.0 Å². The number of rotatable bonds is 4. The van der Waals surface area contributed by atoms with Crippen molar-refractivity contribution in [2.75, 3.05) is 13.1 Å². The van der Waals surface area contributed by atoms with E-state index in [9.17, 15) is 24.8 Å². The number of carboxylic acid groups (broad SMARTS) is 1. The van der Waals surface area contributed by atoms with Crippen molar-refractivity contribution in [1.29, 1.82) is 0 Å². The average molecular weight is 368 g/mol. The smallest absolute Gasteiger partial charge is 0.314 e. The van der Waals surface area contributed by atoms with Crippen molar-refractivity contribution in [3.05, 3.63) is 75.3 Å². The first kappa shape index (κ1) is 18.6. The summed E-state index contributed by atoms with van der Waals surface area (Å²) in [4.78, 5) is 37.2. The lowest BCUT2D eigenvalue weighted by Gasteiger charge is -2.39. The van der Waals surface area contributed by atoms with Gasteiger partial charge in [-0.15, -0.1) is 0 Å². The van der Waals surface area contributed by atoms with Gasteiger partial charge >= 0.3 is 5.97 Å². The zero-order valence-corrected chi connectivity index (χ0v) is 14.9. The number of nitro benzene ring substituents is 1. The molecule has 0 atom stereocenters. The fraction of sp³-hybridized carbons (Fsp3) is 0.300. The van der Waals surface area contributed by atoms with Gasteiger partial charge in [0.1, 0.15) is 5.56 Å². The Hall–Kier alpha value is -3.22. The van der Waals surface area contributed by atoms with Crippen molar-refractivity contribution in [2.45, 2.75) is 25.2 Å². The largest absolute Gasteiger partial charge is 0.481 e. The van der Waals surface area contributed by atoms with E-state index in [1.54, 1.807) is 43.3 Å². The predicted octanol–water partition coefficient (Wildman–Crippen LogP) is 3.16. The zero-order valence-electron chi connectivity index (χ0n) is 14.9. The van der Waals surface area contributed by atoms with Crippen LogP contribution < -0.4 is 0 Å². The molecule has 7 heteroatoms. The Morgan fingerprint density at radius 3 is 2.26 bits per heavy atom. The van der Waals surface area contributed by atoms with Gasteiger partial charge in [-0.1, -0.05) is 42.5 Å². The van der Waals surface area contributed by atoms with Crippen LogP contribution in [0.3, 0.4) is 0 Å². The second kappa shape index (κ2) is 7.19. The summed E-state index contributed by atoms with van der Waals surface area (Å²) in [5, 5.41) is 21.1. The molecule has 1 aliphatic heterocycles. The Kier molecular flexibility index (Phi) is 4.94. The van der Waals surface area contributed by atoms with E-state index in [1.807, 2.05) is 6.07 Å². The quantitative estimate of drug-likeness (QED) is 0.660. The minimum atomic E-state index is -1.05. The first-order chi connectivity index (χ1) is 12.9. The van der Waals surface area contributed by atoms with E-state index in [0.29, 0.717) is 11.1 Å². The van der Waals surface area contributed by atoms with Crippen molar-refractivity contribution in [3.8, 4) is 0 Å². The number of carbonyl (C=O) groups is 2. The highest BCUT2D eigenvalue weighted by Crippen LogP contribution is 2.37. The molecule has 1 aliphatic rings. The molecule has 1 saturated heterocycles. The van der Waals surface area contributed by atoms with Gasteiger partial charge < -0.3 is 10.0 Å². The summed E-state index contributed by atoms with van der Waals surface area (Å²) in [6, 6.07) is 13.5. The Labute approximate surface area is 156 Å². The van der Waals surface area contributed by atoms with Crippen LogP contribution in [0.15, 0.2) is 48.5 Å². The fourth-order valence-corrected chi connectivity index (χ4v) is 3.72. The first-order valence-electron chi connectivity index (χ1n) is 8.69. The second-order valence-corrected chi connectivity index (χ2v) is 6.77. The lowest BCUT2D eigenvalue weighted by Crippen LogP contribution is -2.49. The highest BCUT2D eigenvalue weighted by Gasteiger charge is 2.44. The van der Waals surface area contributed by atoms with Crippen LogP contribution >= 0.6 is 0 Å². The maximum absolute atomic E-state index is 12.9. The molecule has 0 radical (unpaired) electrons. The number of aliphatic carboxylic acids is 1. The number of amides is 1. The number of piperidine rings is 1. The summed E-state index contributed by atoms with van der Waals surface area (Å²) >= 11 is 0. The number of aryl methyl sites for hydroxylation is 1. The molecule has 0 aliphatic carbocycles. The molecule has 0 aromatic heterocycles. The minimum absolute atomic E-state index is 0.0741. The summed E-state index contributed by atoms with van der Waals surface area (Å²) in [5.74, 6) is -1.34. The molecule has 1 N–H and O–H groups in total. The van der Waals surface area contributed by atoms with Crippen molar-refractivity contribution in [1.82, 2.24) is 4.90 Å². The van der Waals surface area contributed by atoms with Gasteiger partial charge in [-0.25, -0.2) is 0 Å². The van der Waals surface area contributed by atoms with Crippen molar-refractivity contribution in [3.63, 3.8) is 0 Å². The normalized spacial score (nSPS) is 16.0. The fourth-order valence-electron chi connectivity index (χ4n) is 3.72. The molecular formula is C20H20N2O5. The van der Waals surface area contributed by atoms with Crippen LogP contribution in [0.25, 0.3) is 0 Å². The van der Waals surface area contributed by atoms with E-state index in [2.05, 4.69) is 0 Å². The molecule has 0 saturated carbocycles. The molecule has 2 aromatic carbocycles. The third-order valence-corrected chi connectivity index (χ3v) is 5.30. The Balaban J connectivity index is 1.87. The van der Waals surface area contributed by atoms with E-state index in [1.165, 1.54) is 11.0 Å². The Bertz CT molecular complexity index is 887. The highest BCUT2D eigenvalue weighted by molar-refractivity contribution is 5.99. The van der Waals surface area contributed by atoms with Crippen LogP contribution in [0.4, 0.5) is 5.69 Å². The van der Waals surface area contributed by atoms with Gasteiger partial charge in [0, 0.05) is 19.2 Å². The molecule has 2 aromatic rings. The van der Waals surface area contributed by atoms with Gasteiger partial charge in [0.2, 0.25) is 0 Å². The highest BCUT2D eigenvalue weighted by atomic mass is 16.6. The maximum Gasteiger partial charge on any atom is 0.314 e. The molecule has 0 spiro atoms. The van der Waals surface area contributed by atoms with Crippen LogP contribution in [-0.2, 0) is 10.2 Å². The third kappa shape index (κ3) is 3.28. The van der Waals surface area contributed by atoms with Crippen LogP contribution in [0.2, 0.25) is 0 Å². The van der Waals surface area contributed by atoms with Crippen LogP contribution in [0.5, 0.6) is 0 Å². The predicted molar refractivity (Wildman–Crippen MR) is 98.7 cm³/mol.